The molecule has 0 aliphatic carbocycles. The Kier molecular flexibility index (Phi) is 5.12. The second-order valence-corrected chi connectivity index (χ2v) is 6.56. The second kappa shape index (κ2) is 7.29. The molecule has 1 aliphatic heterocycles. The van der Waals surface area contributed by atoms with E-state index in [9.17, 15) is 4.79 Å². The largest absolute Gasteiger partial charge is 0.493 e. The first-order valence-corrected chi connectivity index (χ1v) is 8.41. The fraction of sp³-hybridized carbons (Fsp3) is 0.211. The van der Waals surface area contributed by atoms with Crippen molar-refractivity contribution in [3.05, 3.63) is 69.2 Å². The van der Waals surface area contributed by atoms with Crippen molar-refractivity contribution in [3.8, 4) is 5.75 Å². The first-order valence-electron chi connectivity index (χ1n) is 7.66. The van der Waals surface area contributed by atoms with Crippen molar-refractivity contribution in [1.82, 2.24) is 4.90 Å². The van der Waals surface area contributed by atoms with Crippen LogP contribution < -0.4 is 4.74 Å². The van der Waals surface area contributed by atoms with E-state index in [-0.39, 0.29) is 5.91 Å². The molecule has 0 atom stereocenters. The molecule has 5 heteroatoms. The lowest BCUT2D eigenvalue weighted by atomic mass is 10.1. The van der Waals surface area contributed by atoms with Gasteiger partial charge >= 0.3 is 0 Å². The lowest BCUT2D eigenvalue weighted by Crippen LogP contribution is -2.24. The summed E-state index contributed by atoms with van der Waals surface area (Å²) >= 11 is 11.9. The summed E-state index contributed by atoms with van der Waals surface area (Å²) < 4.78 is 5.48. The maximum absolute atomic E-state index is 12.3. The Balaban J connectivity index is 1.64. The zero-order valence-corrected chi connectivity index (χ0v) is 14.8. The van der Waals surface area contributed by atoms with Gasteiger partial charge in [0.15, 0.2) is 0 Å². The van der Waals surface area contributed by atoms with Crippen LogP contribution in [0.15, 0.2) is 42.5 Å². The molecule has 0 N–H and O–H groups in total. The van der Waals surface area contributed by atoms with Crippen LogP contribution in [0.1, 0.15) is 16.7 Å². The first kappa shape index (κ1) is 16.9. The second-order valence-electron chi connectivity index (χ2n) is 5.74. The molecule has 0 unspecified atom stereocenters. The van der Waals surface area contributed by atoms with Crippen molar-refractivity contribution in [2.45, 2.75) is 13.0 Å². The number of hydrogen-bond donors (Lipinski definition) is 0. The number of amides is 1. The third-order valence-electron chi connectivity index (χ3n) is 3.91. The third kappa shape index (κ3) is 3.92. The van der Waals surface area contributed by atoms with E-state index >= 15 is 0 Å². The summed E-state index contributed by atoms with van der Waals surface area (Å²) in [4.78, 5) is 13.9. The number of hydrogen-bond acceptors (Lipinski definition) is 2. The molecule has 3 rings (SSSR count). The van der Waals surface area contributed by atoms with E-state index < -0.39 is 0 Å². The Morgan fingerprint density at radius 2 is 2.04 bits per heavy atom. The number of carbonyl (C=O) groups excluding carboxylic acids is 1. The number of ether oxygens (including phenoxy) is 1. The lowest BCUT2D eigenvalue weighted by molar-refractivity contribution is -0.125. The SMILES string of the molecule is CN(Cc1ccc(Cl)c(Cl)c1)C(=O)/C=C/c1ccc2c(c1)CCO2. The Labute approximate surface area is 151 Å². The van der Waals surface area contributed by atoms with Gasteiger partial charge in [0.05, 0.1) is 16.7 Å². The molecule has 0 fully saturated rings. The molecule has 1 amide bonds. The van der Waals surface area contributed by atoms with Gasteiger partial charge in [-0.1, -0.05) is 35.3 Å². The van der Waals surface area contributed by atoms with Crippen LogP contribution in [0.3, 0.4) is 0 Å². The minimum absolute atomic E-state index is 0.0715. The van der Waals surface area contributed by atoms with Gasteiger partial charge in [-0.25, -0.2) is 0 Å². The monoisotopic (exact) mass is 361 g/mol. The smallest absolute Gasteiger partial charge is 0.246 e. The topological polar surface area (TPSA) is 29.5 Å². The fourth-order valence-corrected chi connectivity index (χ4v) is 2.92. The summed E-state index contributed by atoms with van der Waals surface area (Å²) in [5.74, 6) is 0.869. The van der Waals surface area contributed by atoms with Crippen LogP contribution in [0.25, 0.3) is 6.08 Å². The fourth-order valence-electron chi connectivity index (χ4n) is 2.59. The molecule has 2 aromatic rings. The Bertz CT molecular complexity index is 802. The van der Waals surface area contributed by atoms with E-state index in [4.69, 9.17) is 27.9 Å². The highest BCUT2D eigenvalue weighted by Crippen LogP contribution is 2.26. The summed E-state index contributed by atoms with van der Waals surface area (Å²) in [6.45, 7) is 1.20. The minimum atomic E-state index is -0.0715. The van der Waals surface area contributed by atoms with Crippen molar-refractivity contribution in [2.24, 2.45) is 0 Å². The quantitative estimate of drug-likeness (QED) is 0.744. The number of carbonyl (C=O) groups is 1. The molecular formula is C19H17Cl2NO2. The predicted molar refractivity (Wildman–Crippen MR) is 97.6 cm³/mol. The van der Waals surface area contributed by atoms with Gasteiger partial charge in [0.25, 0.3) is 0 Å². The highest BCUT2D eigenvalue weighted by Gasteiger charge is 2.11. The Hall–Kier alpha value is -1.97. The third-order valence-corrected chi connectivity index (χ3v) is 4.65. The van der Waals surface area contributed by atoms with Crippen LogP contribution in [0.5, 0.6) is 5.75 Å². The summed E-state index contributed by atoms with van der Waals surface area (Å²) in [6, 6.07) is 11.3. The van der Waals surface area contributed by atoms with Gasteiger partial charge in [-0.15, -0.1) is 0 Å². The van der Waals surface area contributed by atoms with Gasteiger partial charge in [0.1, 0.15) is 5.75 Å². The summed E-state index contributed by atoms with van der Waals surface area (Å²) in [6.07, 6.45) is 4.32. The van der Waals surface area contributed by atoms with Crippen molar-refractivity contribution >= 4 is 35.2 Å². The van der Waals surface area contributed by atoms with Crippen LogP contribution in [0.4, 0.5) is 0 Å². The summed E-state index contributed by atoms with van der Waals surface area (Å²) in [5, 5.41) is 1.00. The number of likely N-dealkylation sites (N-methyl/N-ethyl adjacent to an activating group) is 1. The standard InChI is InChI=1S/C19H17Cl2NO2/c1-22(12-14-2-5-16(20)17(21)11-14)19(23)7-4-13-3-6-18-15(10-13)8-9-24-18/h2-7,10-11H,8-9,12H2,1H3/b7-4+. The molecule has 1 heterocycles. The van der Waals surface area contributed by atoms with Crippen LogP contribution in [-0.4, -0.2) is 24.5 Å². The summed E-state index contributed by atoms with van der Waals surface area (Å²) in [7, 11) is 1.76. The molecule has 124 valence electrons. The number of halogens is 2. The predicted octanol–water partition coefficient (Wildman–Crippen LogP) is 4.60. The molecule has 0 radical (unpaired) electrons. The van der Waals surface area contributed by atoms with Crippen LogP contribution in [0.2, 0.25) is 10.0 Å². The number of fused-ring (bicyclic) bond motifs is 1. The molecular weight excluding hydrogens is 345 g/mol. The molecule has 2 aromatic carbocycles. The van der Waals surface area contributed by atoms with Gasteiger partial charge in [-0.05, 0) is 47.0 Å². The molecule has 0 aromatic heterocycles. The van der Waals surface area contributed by atoms with Crippen LogP contribution in [-0.2, 0) is 17.8 Å². The Morgan fingerprint density at radius 3 is 2.83 bits per heavy atom. The van der Waals surface area contributed by atoms with E-state index in [1.807, 2.05) is 24.3 Å². The zero-order valence-electron chi connectivity index (χ0n) is 13.3. The maximum Gasteiger partial charge on any atom is 0.246 e. The number of nitrogens with zero attached hydrogens (tertiary/aromatic N) is 1. The van der Waals surface area contributed by atoms with E-state index in [2.05, 4.69) is 6.07 Å². The van der Waals surface area contributed by atoms with Gasteiger partial charge in [0, 0.05) is 26.1 Å². The number of rotatable bonds is 4. The van der Waals surface area contributed by atoms with Crippen LogP contribution >= 0.6 is 23.2 Å². The average Bonchev–Trinajstić information content (AvgIpc) is 3.03. The van der Waals surface area contributed by atoms with Gasteiger partial charge < -0.3 is 9.64 Å². The van der Waals surface area contributed by atoms with E-state index in [1.165, 1.54) is 5.56 Å². The van der Waals surface area contributed by atoms with Crippen molar-refractivity contribution in [3.63, 3.8) is 0 Å². The minimum Gasteiger partial charge on any atom is -0.493 e. The molecule has 24 heavy (non-hydrogen) atoms. The van der Waals surface area contributed by atoms with E-state index in [0.717, 1.165) is 29.9 Å². The van der Waals surface area contributed by atoms with Crippen molar-refractivity contribution in [2.75, 3.05) is 13.7 Å². The van der Waals surface area contributed by atoms with E-state index in [1.54, 1.807) is 30.2 Å². The zero-order chi connectivity index (χ0) is 17.1. The van der Waals surface area contributed by atoms with Crippen LogP contribution in [0, 0.1) is 0 Å². The Morgan fingerprint density at radius 1 is 1.21 bits per heavy atom. The highest BCUT2D eigenvalue weighted by atomic mass is 35.5. The van der Waals surface area contributed by atoms with Gasteiger partial charge in [-0.3, -0.25) is 4.79 Å². The average molecular weight is 362 g/mol. The highest BCUT2D eigenvalue weighted by molar-refractivity contribution is 6.42. The summed E-state index contributed by atoms with van der Waals surface area (Å²) in [5.41, 5.74) is 3.12. The van der Waals surface area contributed by atoms with Crippen molar-refractivity contribution in [1.29, 1.82) is 0 Å². The van der Waals surface area contributed by atoms with Gasteiger partial charge in [0.2, 0.25) is 5.91 Å². The molecule has 0 saturated heterocycles. The molecule has 0 bridgehead atoms. The van der Waals surface area contributed by atoms with E-state index in [0.29, 0.717) is 16.6 Å². The van der Waals surface area contributed by atoms with Crippen molar-refractivity contribution < 1.29 is 9.53 Å². The first-order chi connectivity index (χ1) is 11.5. The molecule has 0 saturated carbocycles. The molecule has 0 spiro atoms. The van der Waals surface area contributed by atoms with Gasteiger partial charge in [-0.2, -0.15) is 0 Å². The molecule has 1 aliphatic rings. The number of benzene rings is 2. The lowest BCUT2D eigenvalue weighted by Gasteiger charge is -2.15. The maximum atomic E-state index is 12.3. The normalized spacial score (nSPS) is 13.0. The molecule has 3 nitrogen and oxygen atoms in total.